The van der Waals surface area contributed by atoms with Gasteiger partial charge in [0, 0.05) is 12.6 Å². The molecular formula is C20H16N2O4S2. The molecule has 2 aromatic heterocycles. The van der Waals surface area contributed by atoms with Crippen molar-refractivity contribution in [3.05, 3.63) is 86.2 Å². The number of furan rings is 1. The number of benzene rings is 1. The van der Waals surface area contributed by atoms with Gasteiger partial charge in [0.2, 0.25) is 9.84 Å². The van der Waals surface area contributed by atoms with E-state index in [1.165, 1.54) is 35.1 Å². The molecule has 0 radical (unpaired) electrons. The number of hydrogen-bond acceptors (Lipinski definition) is 6. The number of aromatic nitrogens is 1. The summed E-state index contributed by atoms with van der Waals surface area (Å²) in [5.41, 5.74) is 0.482. The molecule has 1 aromatic carbocycles. The van der Waals surface area contributed by atoms with Crippen LogP contribution < -0.4 is 14.8 Å². The Balaban J connectivity index is 2.37. The Morgan fingerprint density at radius 1 is 1.32 bits per heavy atom. The van der Waals surface area contributed by atoms with Gasteiger partial charge in [-0.25, -0.2) is 8.42 Å². The van der Waals surface area contributed by atoms with Crippen LogP contribution in [-0.2, 0) is 16.4 Å². The quantitative estimate of drug-likeness (QED) is 0.597. The Morgan fingerprint density at radius 3 is 2.61 bits per heavy atom. The molecule has 28 heavy (non-hydrogen) atoms. The zero-order valence-corrected chi connectivity index (χ0v) is 16.6. The van der Waals surface area contributed by atoms with E-state index in [1.54, 1.807) is 30.3 Å². The number of thiazole rings is 1. The first-order valence-corrected chi connectivity index (χ1v) is 10.5. The summed E-state index contributed by atoms with van der Waals surface area (Å²) in [6, 6.07) is 11.3. The van der Waals surface area contributed by atoms with Crippen molar-refractivity contribution in [1.82, 2.24) is 4.57 Å². The molecule has 0 unspecified atom stereocenters. The fourth-order valence-electron chi connectivity index (χ4n) is 2.54. The minimum absolute atomic E-state index is 0.00258. The maximum absolute atomic E-state index is 13.0. The summed E-state index contributed by atoms with van der Waals surface area (Å²) in [5.74, 6) is 0.454. The van der Waals surface area contributed by atoms with Crippen molar-refractivity contribution in [2.24, 2.45) is 0 Å². The molecule has 0 amide bonds. The van der Waals surface area contributed by atoms with Crippen LogP contribution in [0.4, 0.5) is 0 Å². The van der Waals surface area contributed by atoms with Gasteiger partial charge in [-0.3, -0.25) is 9.36 Å². The second-order valence-corrected chi connectivity index (χ2v) is 8.81. The third-order valence-corrected chi connectivity index (χ3v) is 6.91. The van der Waals surface area contributed by atoms with Gasteiger partial charge >= 0.3 is 0 Å². The van der Waals surface area contributed by atoms with Gasteiger partial charge in [-0.2, -0.15) is 5.26 Å². The molecule has 0 fully saturated rings. The van der Waals surface area contributed by atoms with Crippen molar-refractivity contribution in [3.8, 4) is 6.07 Å². The number of hydrogen-bond donors (Lipinski definition) is 0. The maximum Gasteiger partial charge on any atom is 0.269 e. The fourth-order valence-corrected chi connectivity index (χ4v) is 5.18. The van der Waals surface area contributed by atoms with Crippen LogP contribution in [0, 0.1) is 18.3 Å². The summed E-state index contributed by atoms with van der Waals surface area (Å²) in [4.78, 5) is 12.3. The molecule has 0 atom stereocenters. The molecule has 0 bridgehead atoms. The van der Waals surface area contributed by atoms with E-state index in [2.05, 4.69) is 6.58 Å². The average Bonchev–Trinajstić information content (AvgIpc) is 3.27. The smallest absolute Gasteiger partial charge is 0.269 e. The van der Waals surface area contributed by atoms with E-state index in [0.717, 1.165) is 16.9 Å². The average molecular weight is 412 g/mol. The van der Waals surface area contributed by atoms with Crippen molar-refractivity contribution in [2.75, 3.05) is 0 Å². The third kappa shape index (κ3) is 3.63. The fraction of sp³-hybridized carbons (Fsp3) is 0.100. The number of allylic oxidation sites excluding steroid dienone is 1. The van der Waals surface area contributed by atoms with Gasteiger partial charge in [0.05, 0.1) is 15.7 Å². The molecule has 0 aliphatic carbocycles. The molecule has 0 aliphatic rings. The van der Waals surface area contributed by atoms with E-state index < -0.39 is 20.3 Å². The molecule has 0 saturated carbocycles. The van der Waals surface area contributed by atoms with E-state index >= 15 is 0 Å². The van der Waals surface area contributed by atoms with E-state index in [-0.39, 0.29) is 20.6 Å². The molecule has 3 rings (SSSR count). The topological polar surface area (TPSA) is 93.1 Å². The Bertz CT molecular complexity index is 1340. The number of nitriles is 1. The Morgan fingerprint density at radius 2 is 2.04 bits per heavy atom. The highest BCUT2D eigenvalue weighted by Gasteiger charge is 2.24. The predicted octanol–water partition coefficient (Wildman–Crippen LogP) is 1.93. The van der Waals surface area contributed by atoms with Crippen LogP contribution >= 0.6 is 11.3 Å². The summed E-state index contributed by atoms with van der Waals surface area (Å²) < 4.78 is 32.9. The normalized spacial score (nSPS) is 13.2. The van der Waals surface area contributed by atoms with E-state index in [0.29, 0.717) is 5.76 Å². The van der Waals surface area contributed by atoms with Gasteiger partial charge in [-0.15, -0.1) is 17.9 Å². The summed E-state index contributed by atoms with van der Waals surface area (Å²) in [6.45, 7) is 5.52. The number of aryl methyl sites for hydroxylation is 1. The zero-order valence-electron chi connectivity index (χ0n) is 15.0. The molecule has 0 saturated heterocycles. The Labute approximate surface area is 165 Å². The lowest BCUT2D eigenvalue weighted by Gasteiger charge is -2.04. The summed E-state index contributed by atoms with van der Waals surface area (Å²) in [7, 11) is -4.09. The van der Waals surface area contributed by atoms with E-state index in [4.69, 9.17) is 4.42 Å². The lowest BCUT2D eigenvalue weighted by molar-refractivity contribution is 0.556. The molecule has 2 heterocycles. The van der Waals surface area contributed by atoms with E-state index in [1.807, 2.05) is 6.92 Å². The van der Waals surface area contributed by atoms with Gasteiger partial charge in [0.25, 0.3) is 5.56 Å². The maximum atomic E-state index is 13.0. The number of nitrogens with zero attached hydrogens (tertiary/aromatic N) is 2. The Hall–Kier alpha value is -3.15. The largest absolute Gasteiger partial charge is 0.465 e. The number of sulfone groups is 1. The van der Waals surface area contributed by atoms with Crippen molar-refractivity contribution in [1.29, 1.82) is 5.26 Å². The molecule has 0 N–H and O–H groups in total. The van der Waals surface area contributed by atoms with Crippen LogP contribution in [0.3, 0.4) is 0 Å². The first kappa shape index (κ1) is 19.6. The van der Waals surface area contributed by atoms with Crippen LogP contribution in [0.5, 0.6) is 0 Å². The monoisotopic (exact) mass is 412 g/mol. The first-order chi connectivity index (χ1) is 13.4. The van der Waals surface area contributed by atoms with Crippen molar-refractivity contribution >= 4 is 32.2 Å². The molecule has 142 valence electrons. The summed E-state index contributed by atoms with van der Waals surface area (Å²) >= 11 is 0.930. The van der Waals surface area contributed by atoms with Gasteiger partial charge < -0.3 is 4.42 Å². The zero-order chi connectivity index (χ0) is 20.3. The van der Waals surface area contributed by atoms with Gasteiger partial charge in [0.1, 0.15) is 16.5 Å². The van der Waals surface area contributed by atoms with Crippen LogP contribution in [0.2, 0.25) is 0 Å². The van der Waals surface area contributed by atoms with Crippen LogP contribution in [0.25, 0.3) is 11.0 Å². The highest BCUT2D eigenvalue weighted by atomic mass is 32.2. The summed E-state index contributed by atoms with van der Waals surface area (Å²) in [6.07, 6.45) is 4.46. The van der Waals surface area contributed by atoms with Crippen LogP contribution in [0.1, 0.15) is 11.3 Å². The lowest BCUT2D eigenvalue weighted by atomic mass is 10.2. The highest BCUT2D eigenvalue weighted by molar-refractivity contribution is 8.00. The van der Waals surface area contributed by atoms with E-state index in [9.17, 15) is 18.5 Å². The molecule has 3 aromatic rings. The number of rotatable bonds is 5. The van der Waals surface area contributed by atoms with Crippen LogP contribution in [0.15, 0.2) is 69.4 Å². The molecule has 8 heteroatoms. The first-order valence-electron chi connectivity index (χ1n) is 8.20. The Kier molecular flexibility index (Phi) is 5.49. The second-order valence-electron chi connectivity index (χ2n) is 5.89. The van der Waals surface area contributed by atoms with Gasteiger partial charge in [0.15, 0.2) is 4.91 Å². The van der Waals surface area contributed by atoms with Crippen molar-refractivity contribution in [2.45, 2.75) is 18.4 Å². The van der Waals surface area contributed by atoms with Crippen molar-refractivity contribution < 1.29 is 12.8 Å². The van der Waals surface area contributed by atoms with Crippen LogP contribution in [-0.4, -0.2) is 13.0 Å². The lowest BCUT2D eigenvalue weighted by Crippen LogP contribution is -2.32. The second kappa shape index (κ2) is 7.84. The molecule has 6 nitrogen and oxygen atoms in total. The molecule has 0 aliphatic heterocycles. The predicted molar refractivity (Wildman–Crippen MR) is 108 cm³/mol. The molecular weight excluding hydrogens is 396 g/mol. The SMILES string of the molecule is C=CCn1c(=C(C#N)S(=O)(=O)c2ccc(C)cc2)sc(=Cc2ccco2)c1=O. The minimum Gasteiger partial charge on any atom is -0.465 e. The minimum atomic E-state index is -4.09. The molecule has 0 spiro atoms. The van der Waals surface area contributed by atoms with Gasteiger partial charge in [-0.1, -0.05) is 23.8 Å². The highest BCUT2D eigenvalue weighted by Crippen LogP contribution is 2.19. The summed E-state index contributed by atoms with van der Waals surface area (Å²) in [5, 5.41) is 9.65. The third-order valence-electron chi connectivity index (χ3n) is 3.93. The van der Waals surface area contributed by atoms with Crippen molar-refractivity contribution in [3.63, 3.8) is 0 Å². The standard InChI is InChI=1S/C20H16N2O4S2/c1-3-10-22-19(23)17(12-15-5-4-11-26-15)27-20(22)18(13-21)28(24,25)16-8-6-14(2)7-9-16/h3-9,11-12H,1,10H2,2H3. The van der Waals surface area contributed by atoms with Gasteiger partial charge in [-0.05, 0) is 31.2 Å².